The molecule has 0 unspecified atom stereocenters. The highest BCUT2D eigenvalue weighted by molar-refractivity contribution is 9.10. The molecule has 0 fully saturated rings. The van der Waals surface area contributed by atoms with Gasteiger partial charge in [0.05, 0.1) is 12.0 Å². The molecule has 34 heavy (non-hydrogen) atoms. The van der Waals surface area contributed by atoms with Crippen LogP contribution in [-0.2, 0) is 11.4 Å². The summed E-state index contributed by atoms with van der Waals surface area (Å²) in [7, 11) is 1.50. The molecule has 10 heteroatoms. The first-order valence-corrected chi connectivity index (χ1v) is 10.9. The number of carbonyl (C=O) groups excluding carboxylic acids is 1. The Bertz CT molecular complexity index is 1300. The fourth-order valence-electron chi connectivity index (χ4n) is 2.90. The van der Waals surface area contributed by atoms with E-state index >= 15 is 0 Å². The summed E-state index contributed by atoms with van der Waals surface area (Å²) in [6, 6.07) is 18.2. The number of halogens is 2. The number of nitro groups is 1. The van der Waals surface area contributed by atoms with E-state index in [0.29, 0.717) is 17.1 Å². The molecule has 3 aromatic rings. The van der Waals surface area contributed by atoms with Crippen LogP contribution in [0.1, 0.15) is 11.1 Å². The summed E-state index contributed by atoms with van der Waals surface area (Å²) < 4.78 is 12.2. The Balaban J connectivity index is 1.83. The second-order valence-electron chi connectivity index (χ2n) is 6.87. The number of benzene rings is 3. The minimum atomic E-state index is -0.805. The quantitative estimate of drug-likeness (QED) is 0.158. The van der Waals surface area contributed by atoms with Crippen LogP contribution < -0.4 is 14.8 Å². The summed E-state index contributed by atoms with van der Waals surface area (Å²) in [5.41, 5.74) is 0.727. The molecule has 0 aliphatic rings. The summed E-state index contributed by atoms with van der Waals surface area (Å²) in [5, 5.41) is 23.3. The van der Waals surface area contributed by atoms with Crippen LogP contribution in [0.15, 0.2) is 70.7 Å². The normalized spacial score (nSPS) is 10.8. The second kappa shape index (κ2) is 11.3. The highest BCUT2D eigenvalue weighted by atomic mass is 79.9. The van der Waals surface area contributed by atoms with E-state index in [4.69, 9.17) is 21.1 Å². The largest absolute Gasteiger partial charge is 0.493 e. The lowest BCUT2D eigenvalue weighted by atomic mass is 10.1. The number of nitrogens with one attached hydrogen (secondary N) is 1. The van der Waals surface area contributed by atoms with Gasteiger partial charge >= 0.3 is 0 Å². The Morgan fingerprint density at radius 1 is 1.18 bits per heavy atom. The molecular formula is C24H17BrClN3O5. The number of ether oxygens (including phenoxy) is 2. The molecule has 0 heterocycles. The van der Waals surface area contributed by atoms with Gasteiger partial charge in [-0.05, 0) is 53.6 Å². The zero-order chi connectivity index (χ0) is 24.7. The van der Waals surface area contributed by atoms with Crippen molar-refractivity contribution in [2.24, 2.45) is 0 Å². The van der Waals surface area contributed by atoms with Crippen LogP contribution in [-0.4, -0.2) is 17.9 Å². The van der Waals surface area contributed by atoms with Crippen molar-refractivity contribution in [3.8, 4) is 17.6 Å². The van der Waals surface area contributed by atoms with Crippen molar-refractivity contribution < 1.29 is 19.2 Å². The van der Waals surface area contributed by atoms with Crippen LogP contribution in [0.2, 0.25) is 5.02 Å². The van der Waals surface area contributed by atoms with E-state index in [1.54, 1.807) is 18.2 Å². The lowest BCUT2D eigenvalue weighted by Gasteiger charge is -2.12. The summed E-state index contributed by atoms with van der Waals surface area (Å²) in [4.78, 5) is 23.2. The predicted molar refractivity (Wildman–Crippen MR) is 132 cm³/mol. The summed E-state index contributed by atoms with van der Waals surface area (Å²) in [6.45, 7) is 0.280. The first kappa shape index (κ1) is 24.8. The lowest BCUT2D eigenvalue weighted by molar-refractivity contribution is -0.383. The number of rotatable bonds is 8. The van der Waals surface area contributed by atoms with Crippen molar-refractivity contribution in [3.05, 3.63) is 97.0 Å². The molecule has 172 valence electrons. The number of nitrogens with zero attached hydrogens (tertiary/aromatic N) is 2. The first-order valence-electron chi connectivity index (χ1n) is 9.73. The van der Waals surface area contributed by atoms with E-state index in [1.165, 1.54) is 25.3 Å². The molecule has 3 rings (SSSR count). The van der Waals surface area contributed by atoms with Crippen molar-refractivity contribution in [3.63, 3.8) is 0 Å². The molecule has 0 aliphatic carbocycles. The third kappa shape index (κ3) is 6.34. The highest BCUT2D eigenvalue weighted by Crippen LogP contribution is 2.31. The van der Waals surface area contributed by atoms with E-state index in [9.17, 15) is 20.2 Å². The highest BCUT2D eigenvalue weighted by Gasteiger charge is 2.19. The van der Waals surface area contributed by atoms with Gasteiger partial charge in [-0.25, -0.2) is 0 Å². The van der Waals surface area contributed by atoms with Crippen molar-refractivity contribution in [1.82, 2.24) is 0 Å². The molecule has 0 radical (unpaired) electrons. The van der Waals surface area contributed by atoms with Crippen LogP contribution in [0.4, 0.5) is 11.4 Å². The van der Waals surface area contributed by atoms with Crippen LogP contribution >= 0.6 is 27.5 Å². The van der Waals surface area contributed by atoms with Crippen molar-refractivity contribution in [1.29, 1.82) is 5.26 Å². The Hall–Kier alpha value is -3.87. The van der Waals surface area contributed by atoms with Gasteiger partial charge in [0.15, 0.2) is 11.5 Å². The van der Waals surface area contributed by atoms with E-state index in [0.717, 1.165) is 16.1 Å². The maximum Gasteiger partial charge on any atom is 0.294 e. The van der Waals surface area contributed by atoms with E-state index < -0.39 is 10.8 Å². The maximum absolute atomic E-state index is 12.6. The second-order valence-corrected chi connectivity index (χ2v) is 8.22. The number of methoxy groups -OCH3 is 1. The monoisotopic (exact) mass is 541 g/mol. The molecule has 1 amide bonds. The predicted octanol–water partition coefficient (Wildman–Crippen LogP) is 6.14. The smallest absolute Gasteiger partial charge is 0.294 e. The molecule has 0 spiro atoms. The molecule has 0 aromatic heterocycles. The Labute approximate surface area is 208 Å². The standard InChI is InChI=1S/C24H17BrClN3O5/c1-33-22-9-4-16(11-23(22)34-14-15-2-5-18(25)6-3-15)10-17(13-27)24(30)28-20-8-7-19(26)12-21(20)29(31)32/h2-12H,14H2,1H3,(H,28,30). The van der Waals surface area contributed by atoms with E-state index in [2.05, 4.69) is 21.2 Å². The zero-order valence-corrected chi connectivity index (χ0v) is 20.1. The molecule has 0 aliphatic heterocycles. The van der Waals surface area contributed by atoms with Crippen LogP contribution in [0.5, 0.6) is 11.5 Å². The van der Waals surface area contributed by atoms with Crippen LogP contribution in [0.3, 0.4) is 0 Å². The van der Waals surface area contributed by atoms with Gasteiger partial charge in [-0.3, -0.25) is 14.9 Å². The fourth-order valence-corrected chi connectivity index (χ4v) is 3.33. The molecule has 1 N–H and O–H groups in total. The van der Waals surface area contributed by atoms with Crippen LogP contribution in [0.25, 0.3) is 6.08 Å². The lowest BCUT2D eigenvalue weighted by Crippen LogP contribution is -2.14. The van der Waals surface area contributed by atoms with E-state index in [1.807, 2.05) is 30.3 Å². The van der Waals surface area contributed by atoms with Gasteiger partial charge in [0.2, 0.25) is 0 Å². The minimum absolute atomic E-state index is 0.0752. The molecule has 0 atom stereocenters. The third-order valence-corrected chi connectivity index (χ3v) is 5.34. The molecule has 3 aromatic carbocycles. The zero-order valence-electron chi connectivity index (χ0n) is 17.7. The SMILES string of the molecule is COc1ccc(C=C(C#N)C(=O)Nc2ccc(Cl)cc2[N+](=O)[O-])cc1OCc1ccc(Br)cc1. The summed E-state index contributed by atoms with van der Waals surface area (Å²) in [5.74, 6) is 0.0975. The number of hydrogen-bond acceptors (Lipinski definition) is 6. The van der Waals surface area contributed by atoms with Crippen molar-refractivity contribution in [2.45, 2.75) is 6.61 Å². The molecule has 0 bridgehead atoms. The summed E-state index contributed by atoms with van der Waals surface area (Å²) in [6.07, 6.45) is 1.35. The van der Waals surface area contributed by atoms with Gasteiger partial charge < -0.3 is 14.8 Å². The van der Waals surface area contributed by atoms with Crippen molar-refractivity contribution in [2.75, 3.05) is 12.4 Å². The first-order chi connectivity index (χ1) is 16.3. The minimum Gasteiger partial charge on any atom is -0.493 e. The molecule has 0 saturated carbocycles. The number of nitro benzene ring substituents is 1. The average molecular weight is 543 g/mol. The number of amides is 1. The van der Waals surface area contributed by atoms with Crippen molar-refractivity contribution >= 4 is 50.9 Å². The van der Waals surface area contributed by atoms with Gasteiger partial charge in [-0.2, -0.15) is 5.26 Å². The van der Waals surface area contributed by atoms with Gasteiger partial charge in [0, 0.05) is 15.6 Å². The maximum atomic E-state index is 12.6. The number of nitriles is 1. The number of anilines is 1. The number of carbonyl (C=O) groups is 1. The molecular weight excluding hydrogens is 526 g/mol. The third-order valence-electron chi connectivity index (χ3n) is 4.58. The Morgan fingerprint density at radius 3 is 2.56 bits per heavy atom. The Morgan fingerprint density at radius 2 is 1.91 bits per heavy atom. The number of hydrogen-bond donors (Lipinski definition) is 1. The van der Waals surface area contributed by atoms with Gasteiger partial charge in [0.1, 0.15) is 23.9 Å². The van der Waals surface area contributed by atoms with Gasteiger partial charge in [-0.1, -0.05) is 45.7 Å². The van der Waals surface area contributed by atoms with E-state index in [-0.39, 0.29) is 28.6 Å². The summed E-state index contributed by atoms with van der Waals surface area (Å²) >= 11 is 9.19. The van der Waals surface area contributed by atoms with Gasteiger partial charge in [0.25, 0.3) is 11.6 Å². The van der Waals surface area contributed by atoms with Crippen LogP contribution in [0, 0.1) is 21.4 Å². The van der Waals surface area contributed by atoms with Gasteiger partial charge in [-0.15, -0.1) is 0 Å². The molecule has 0 saturated heterocycles. The Kier molecular flexibility index (Phi) is 8.24. The fraction of sp³-hybridized carbons (Fsp3) is 0.0833. The average Bonchev–Trinajstić information content (AvgIpc) is 2.83. The molecule has 8 nitrogen and oxygen atoms in total. The topological polar surface area (TPSA) is 114 Å².